The number of hydrogen-bond donors (Lipinski definition) is 0. The Morgan fingerprint density at radius 3 is 2.56 bits per heavy atom. The smallest absolute Gasteiger partial charge is 0.185 e. The summed E-state index contributed by atoms with van der Waals surface area (Å²) in [5.41, 5.74) is 3.74. The second kappa shape index (κ2) is 7.01. The monoisotopic (exact) mass is 338 g/mol. The fraction of sp³-hybridized carbons (Fsp3) is 0.368. The van der Waals surface area contributed by atoms with Gasteiger partial charge in [0.2, 0.25) is 0 Å². The van der Waals surface area contributed by atoms with Crippen molar-refractivity contribution in [3.8, 4) is 16.9 Å². The first kappa shape index (κ1) is 17.1. The molecule has 0 radical (unpaired) electrons. The van der Waals surface area contributed by atoms with Crippen LogP contribution in [0.25, 0.3) is 16.8 Å². The molecule has 0 aliphatic rings. The van der Waals surface area contributed by atoms with Crippen molar-refractivity contribution in [1.29, 1.82) is 0 Å². The number of rotatable bonds is 6. The van der Waals surface area contributed by atoms with E-state index in [0.717, 1.165) is 29.0 Å². The maximum atomic E-state index is 12.3. The van der Waals surface area contributed by atoms with Gasteiger partial charge in [0, 0.05) is 6.42 Å². The maximum absolute atomic E-state index is 12.3. The number of nitrogens with zero attached hydrogens (tertiary/aromatic N) is 4. The molecule has 6 heteroatoms. The maximum Gasteiger partial charge on any atom is 0.185 e. The van der Waals surface area contributed by atoms with Gasteiger partial charge in [-0.15, -0.1) is 10.2 Å². The number of Topliss-reactive ketones (excluding diaryl/α,β-unsaturated/α-hetero) is 1. The van der Waals surface area contributed by atoms with Crippen molar-refractivity contribution in [2.24, 2.45) is 5.92 Å². The zero-order valence-corrected chi connectivity index (χ0v) is 15.0. The molecule has 2 heterocycles. The molecule has 1 aromatic carbocycles. The molecule has 0 saturated heterocycles. The fourth-order valence-electron chi connectivity index (χ4n) is 2.74. The molecule has 25 heavy (non-hydrogen) atoms. The topological polar surface area (TPSA) is 69.4 Å². The molecule has 0 fully saturated rings. The number of aromatic nitrogens is 4. The molecule has 0 N–H and O–H groups in total. The van der Waals surface area contributed by atoms with Gasteiger partial charge in [0.15, 0.2) is 11.4 Å². The van der Waals surface area contributed by atoms with Crippen molar-refractivity contribution in [2.75, 3.05) is 7.11 Å². The van der Waals surface area contributed by atoms with Gasteiger partial charge in [-0.25, -0.2) is 4.52 Å². The molecule has 3 rings (SSSR count). The van der Waals surface area contributed by atoms with Crippen LogP contribution in [0.4, 0.5) is 0 Å². The van der Waals surface area contributed by atoms with Crippen molar-refractivity contribution in [3.05, 3.63) is 41.9 Å². The number of fused-ring (bicyclic) bond motifs is 1. The Bertz CT molecular complexity index is 898. The van der Waals surface area contributed by atoms with Crippen molar-refractivity contribution in [1.82, 2.24) is 19.8 Å². The molecule has 0 spiro atoms. The number of aryl methyl sites for hydroxylation is 1. The quantitative estimate of drug-likeness (QED) is 0.641. The highest BCUT2D eigenvalue weighted by Crippen LogP contribution is 2.28. The van der Waals surface area contributed by atoms with Gasteiger partial charge < -0.3 is 4.74 Å². The Morgan fingerprint density at radius 2 is 1.92 bits per heavy atom. The molecule has 2 aromatic heterocycles. The predicted octanol–water partition coefficient (Wildman–Crippen LogP) is 3.73. The second-order valence-electron chi connectivity index (χ2n) is 6.53. The molecular weight excluding hydrogens is 316 g/mol. The van der Waals surface area contributed by atoms with Crippen molar-refractivity contribution in [2.45, 2.75) is 33.6 Å². The van der Waals surface area contributed by atoms with E-state index in [0.29, 0.717) is 23.7 Å². The highest BCUT2D eigenvalue weighted by atomic mass is 16.5. The normalized spacial score (nSPS) is 11.2. The van der Waals surface area contributed by atoms with E-state index in [1.54, 1.807) is 17.8 Å². The molecule has 130 valence electrons. The van der Waals surface area contributed by atoms with Gasteiger partial charge in [-0.05, 0) is 37.0 Å². The average Bonchev–Trinajstić information content (AvgIpc) is 2.94. The standard InChI is InChI=1S/C19H22N4O2/c1-12(2)5-10-17(24)16-11-23-19(21-20-16)18(13(3)22-23)14-6-8-15(25-4)9-7-14/h6-9,11-12H,5,10H2,1-4H3. The summed E-state index contributed by atoms with van der Waals surface area (Å²) in [6.07, 6.45) is 2.99. The van der Waals surface area contributed by atoms with Crippen molar-refractivity contribution in [3.63, 3.8) is 0 Å². The molecule has 0 aliphatic carbocycles. The minimum atomic E-state index is 0.00208. The number of ether oxygens (including phenoxy) is 1. The van der Waals surface area contributed by atoms with Crippen LogP contribution in [0.3, 0.4) is 0 Å². The van der Waals surface area contributed by atoms with Crippen LogP contribution in [-0.4, -0.2) is 32.7 Å². The minimum absolute atomic E-state index is 0.00208. The van der Waals surface area contributed by atoms with Gasteiger partial charge in [-0.1, -0.05) is 26.0 Å². The van der Waals surface area contributed by atoms with Crippen molar-refractivity contribution < 1.29 is 9.53 Å². The summed E-state index contributed by atoms with van der Waals surface area (Å²) in [6.45, 7) is 6.12. The fourth-order valence-corrected chi connectivity index (χ4v) is 2.74. The van der Waals surface area contributed by atoms with E-state index in [-0.39, 0.29) is 5.78 Å². The molecular formula is C19H22N4O2. The molecule has 0 saturated carbocycles. The van der Waals surface area contributed by atoms with E-state index in [2.05, 4.69) is 29.1 Å². The van der Waals surface area contributed by atoms with Crippen LogP contribution < -0.4 is 4.74 Å². The number of ketones is 1. The SMILES string of the molecule is COc1ccc(-c2c(C)nn3cc(C(=O)CCC(C)C)nnc23)cc1. The lowest BCUT2D eigenvalue weighted by atomic mass is 10.0. The lowest BCUT2D eigenvalue weighted by Crippen LogP contribution is -2.08. The van der Waals surface area contributed by atoms with Crippen LogP contribution in [0, 0.1) is 12.8 Å². The summed E-state index contributed by atoms with van der Waals surface area (Å²) in [5.74, 6) is 1.28. The summed E-state index contributed by atoms with van der Waals surface area (Å²) in [4.78, 5) is 12.3. The Kier molecular flexibility index (Phi) is 4.79. The highest BCUT2D eigenvalue weighted by molar-refractivity contribution is 5.94. The van der Waals surface area contributed by atoms with Crippen molar-refractivity contribution >= 4 is 11.4 Å². The van der Waals surface area contributed by atoms with E-state index in [4.69, 9.17) is 4.74 Å². The Hall–Kier alpha value is -2.76. The molecule has 0 amide bonds. The third-order valence-electron chi connectivity index (χ3n) is 4.17. The Morgan fingerprint density at radius 1 is 1.20 bits per heavy atom. The van der Waals surface area contributed by atoms with E-state index in [1.165, 1.54) is 0 Å². The first-order valence-electron chi connectivity index (χ1n) is 8.40. The van der Waals surface area contributed by atoms with E-state index < -0.39 is 0 Å². The first-order chi connectivity index (χ1) is 12.0. The van der Waals surface area contributed by atoms with Gasteiger partial charge in [-0.2, -0.15) is 5.10 Å². The molecule has 0 atom stereocenters. The van der Waals surface area contributed by atoms with Crippen LogP contribution in [0.5, 0.6) is 5.75 Å². The Balaban J connectivity index is 1.96. The summed E-state index contributed by atoms with van der Waals surface area (Å²) in [5, 5.41) is 12.9. The van der Waals surface area contributed by atoms with E-state index in [9.17, 15) is 4.79 Å². The zero-order chi connectivity index (χ0) is 18.0. The third kappa shape index (κ3) is 3.52. The zero-order valence-electron chi connectivity index (χ0n) is 15.0. The Labute approximate surface area is 146 Å². The van der Waals surface area contributed by atoms with Crippen LogP contribution in [0.15, 0.2) is 30.5 Å². The van der Waals surface area contributed by atoms with Gasteiger partial charge >= 0.3 is 0 Å². The van der Waals surface area contributed by atoms with E-state index >= 15 is 0 Å². The van der Waals surface area contributed by atoms with Gasteiger partial charge in [0.25, 0.3) is 0 Å². The summed E-state index contributed by atoms with van der Waals surface area (Å²) >= 11 is 0. The van der Waals surface area contributed by atoms with Gasteiger partial charge in [0.05, 0.1) is 24.6 Å². The molecule has 6 nitrogen and oxygen atoms in total. The number of carbonyl (C=O) groups is 1. The van der Waals surface area contributed by atoms with E-state index in [1.807, 2.05) is 31.2 Å². The third-order valence-corrected chi connectivity index (χ3v) is 4.17. The second-order valence-corrected chi connectivity index (χ2v) is 6.53. The summed E-state index contributed by atoms with van der Waals surface area (Å²) in [6, 6.07) is 7.73. The lowest BCUT2D eigenvalue weighted by molar-refractivity contribution is 0.0969. The molecule has 0 bridgehead atoms. The lowest BCUT2D eigenvalue weighted by Gasteiger charge is -2.04. The first-order valence-corrected chi connectivity index (χ1v) is 8.40. The van der Waals surface area contributed by atoms with Gasteiger partial charge in [-0.3, -0.25) is 4.79 Å². The predicted molar refractivity (Wildman–Crippen MR) is 95.9 cm³/mol. The van der Waals surface area contributed by atoms with Crippen LogP contribution in [0.2, 0.25) is 0 Å². The number of benzene rings is 1. The molecule has 0 unspecified atom stereocenters. The van der Waals surface area contributed by atoms with Crippen LogP contribution >= 0.6 is 0 Å². The summed E-state index contributed by atoms with van der Waals surface area (Å²) in [7, 11) is 1.64. The van der Waals surface area contributed by atoms with Crippen LogP contribution in [-0.2, 0) is 0 Å². The minimum Gasteiger partial charge on any atom is -0.497 e. The molecule has 3 aromatic rings. The highest BCUT2D eigenvalue weighted by Gasteiger charge is 2.16. The summed E-state index contributed by atoms with van der Waals surface area (Å²) < 4.78 is 6.84. The largest absolute Gasteiger partial charge is 0.497 e. The number of hydrogen-bond acceptors (Lipinski definition) is 5. The number of methoxy groups -OCH3 is 1. The number of carbonyl (C=O) groups excluding carboxylic acids is 1. The average molecular weight is 338 g/mol. The van der Waals surface area contributed by atoms with Gasteiger partial charge in [0.1, 0.15) is 11.4 Å². The molecule has 0 aliphatic heterocycles. The van der Waals surface area contributed by atoms with Crippen LogP contribution in [0.1, 0.15) is 42.9 Å².